The summed E-state index contributed by atoms with van der Waals surface area (Å²) in [5, 5.41) is 13.8. The first-order chi connectivity index (χ1) is 32.6. The molecule has 0 atom stereocenters. The summed E-state index contributed by atoms with van der Waals surface area (Å²) in [6.07, 6.45) is 0. The normalized spacial score (nSPS) is 12.6. The molecule has 3 aromatic heterocycles. The molecule has 0 amide bonds. The number of benzene rings is 6. The SMILES string of the molecule is CC[Si](CC)(CC)c1cccc2c1oc1c([Si](CC)(CC)CC)cccc12.CC[Si](CC)(CC)c1cccc2c1oc1ccccc12.CC[Si](CC)(CC)c1cccc2c1oc1ccccc12. The molecule has 354 valence electrons. The molecule has 0 saturated heterocycles. The molecule has 0 unspecified atom stereocenters. The second-order valence-electron chi connectivity index (χ2n) is 19.4. The fourth-order valence-corrected chi connectivity index (χ4v) is 27.3. The fourth-order valence-electron chi connectivity index (χ4n) is 12.3. The van der Waals surface area contributed by atoms with Crippen molar-refractivity contribution in [3.05, 3.63) is 121 Å². The summed E-state index contributed by atoms with van der Waals surface area (Å²) < 4.78 is 19.3. The van der Waals surface area contributed by atoms with Crippen molar-refractivity contribution in [2.75, 3.05) is 0 Å². The van der Waals surface area contributed by atoms with E-state index in [-0.39, 0.29) is 0 Å². The van der Waals surface area contributed by atoms with Crippen molar-refractivity contribution in [1.29, 1.82) is 0 Å². The van der Waals surface area contributed by atoms with Gasteiger partial charge in [0.05, 0.1) is 32.3 Å². The predicted octanol–water partition coefficient (Wildman–Crippen LogP) is 17.6. The van der Waals surface area contributed by atoms with Crippen molar-refractivity contribution in [3.63, 3.8) is 0 Å². The standard InChI is InChI=1S/C24H36OSi2.2C18H22OSi/c1-7-26(8-2,9-3)21-17-13-15-19-20-16-14-18-22(24(20)25-23(19)21)27(10-4,11-5)12-6;2*1-4-20(5-2,6-3)17-13-9-11-15-14-10-7-8-12-16(14)19-18(15)17/h13-18H,7-12H2,1-6H3;2*7-13H,4-6H2,1-3H3. The summed E-state index contributed by atoms with van der Waals surface area (Å²) in [5.74, 6) is 0. The molecule has 9 aromatic rings. The van der Waals surface area contributed by atoms with Gasteiger partial charge in [-0.1, -0.05) is 265 Å². The Morgan fingerprint density at radius 3 is 0.701 bits per heavy atom. The molecule has 0 bridgehead atoms. The highest BCUT2D eigenvalue weighted by atomic mass is 28.3. The van der Waals surface area contributed by atoms with Gasteiger partial charge in [0.15, 0.2) is 0 Å². The lowest BCUT2D eigenvalue weighted by Crippen LogP contribution is -2.46. The van der Waals surface area contributed by atoms with Crippen molar-refractivity contribution in [3.8, 4) is 0 Å². The van der Waals surface area contributed by atoms with E-state index in [1.54, 1.807) is 10.4 Å². The van der Waals surface area contributed by atoms with Gasteiger partial charge in [0.2, 0.25) is 0 Å². The lowest BCUT2D eigenvalue weighted by atomic mass is 10.1. The molecule has 3 nitrogen and oxygen atoms in total. The Morgan fingerprint density at radius 2 is 0.448 bits per heavy atom. The Labute approximate surface area is 406 Å². The van der Waals surface area contributed by atoms with E-state index in [0.717, 1.165) is 22.3 Å². The maximum atomic E-state index is 6.81. The molecule has 0 N–H and O–H groups in total. The summed E-state index contributed by atoms with van der Waals surface area (Å²) in [6.45, 7) is 28.4. The third-order valence-corrected chi connectivity index (χ3v) is 40.1. The maximum absolute atomic E-state index is 6.81. The number of rotatable bonds is 16. The molecule has 0 fully saturated rings. The summed E-state index contributed by atoms with van der Waals surface area (Å²) in [6, 6.07) is 59.5. The first-order valence-electron chi connectivity index (χ1n) is 26.3. The van der Waals surface area contributed by atoms with E-state index in [1.165, 1.54) is 126 Å². The molecule has 9 rings (SSSR count). The van der Waals surface area contributed by atoms with Crippen LogP contribution in [0.4, 0.5) is 0 Å². The Morgan fingerprint density at radius 1 is 0.239 bits per heavy atom. The van der Waals surface area contributed by atoms with Crippen LogP contribution >= 0.6 is 0 Å². The van der Waals surface area contributed by atoms with E-state index >= 15 is 0 Å². The summed E-state index contributed by atoms with van der Waals surface area (Å²) in [4.78, 5) is 0. The second kappa shape index (κ2) is 21.5. The van der Waals surface area contributed by atoms with Gasteiger partial charge in [-0.25, -0.2) is 0 Å². The Bertz CT molecular complexity index is 2810. The average Bonchev–Trinajstić information content (AvgIpc) is 4.10. The van der Waals surface area contributed by atoms with Crippen molar-refractivity contribution in [2.24, 2.45) is 0 Å². The van der Waals surface area contributed by atoms with Crippen LogP contribution in [0.2, 0.25) is 72.5 Å². The van der Waals surface area contributed by atoms with Crippen molar-refractivity contribution >= 4 is 119 Å². The van der Waals surface area contributed by atoms with Crippen molar-refractivity contribution in [2.45, 2.75) is 156 Å². The minimum absolute atomic E-state index is 1.01. The van der Waals surface area contributed by atoms with E-state index in [4.69, 9.17) is 13.3 Å². The van der Waals surface area contributed by atoms with Crippen LogP contribution in [0.1, 0.15) is 83.1 Å². The van der Waals surface area contributed by atoms with Gasteiger partial charge in [-0.05, 0) is 32.9 Å². The highest BCUT2D eigenvalue weighted by molar-refractivity contribution is 6.95. The third kappa shape index (κ3) is 8.81. The molecule has 0 spiro atoms. The molecule has 0 saturated carbocycles. The number of para-hydroxylation sites is 6. The smallest absolute Gasteiger partial charge is 0.135 e. The van der Waals surface area contributed by atoms with Gasteiger partial charge in [-0.2, -0.15) is 0 Å². The van der Waals surface area contributed by atoms with E-state index in [1.807, 2.05) is 0 Å². The molecular weight excluding hydrogens is 881 g/mol. The van der Waals surface area contributed by atoms with Crippen LogP contribution in [-0.4, -0.2) is 32.3 Å². The topological polar surface area (TPSA) is 39.4 Å². The Kier molecular flexibility index (Phi) is 16.2. The molecule has 3 heterocycles. The number of fused-ring (bicyclic) bond motifs is 9. The number of hydrogen-bond acceptors (Lipinski definition) is 3. The minimum Gasteiger partial charge on any atom is -0.456 e. The van der Waals surface area contributed by atoms with Gasteiger partial charge in [-0.15, -0.1) is 0 Å². The van der Waals surface area contributed by atoms with Gasteiger partial charge in [0.1, 0.15) is 33.5 Å². The van der Waals surface area contributed by atoms with E-state index in [9.17, 15) is 0 Å². The average molecular weight is 962 g/mol. The molecule has 7 heteroatoms. The van der Waals surface area contributed by atoms with Gasteiger partial charge >= 0.3 is 0 Å². The first kappa shape index (κ1) is 50.5. The van der Waals surface area contributed by atoms with Crippen molar-refractivity contribution in [1.82, 2.24) is 0 Å². The summed E-state index contributed by atoms with van der Waals surface area (Å²) in [7, 11) is -5.81. The van der Waals surface area contributed by atoms with Crippen LogP contribution in [0.5, 0.6) is 0 Å². The highest BCUT2D eigenvalue weighted by Gasteiger charge is 2.36. The largest absolute Gasteiger partial charge is 0.456 e. The number of furan rings is 3. The van der Waals surface area contributed by atoms with Crippen LogP contribution in [0.15, 0.2) is 135 Å². The van der Waals surface area contributed by atoms with Crippen LogP contribution < -0.4 is 20.7 Å². The van der Waals surface area contributed by atoms with Crippen LogP contribution in [0.3, 0.4) is 0 Å². The van der Waals surface area contributed by atoms with Gasteiger partial charge < -0.3 is 13.3 Å². The molecule has 0 aliphatic heterocycles. The molecule has 6 aromatic carbocycles. The van der Waals surface area contributed by atoms with Gasteiger partial charge in [0.25, 0.3) is 0 Å². The maximum Gasteiger partial charge on any atom is 0.135 e. The minimum atomic E-state index is -1.49. The summed E-state index contributed by atoms with van der Waals surface area (Å²) in [5.41, 5.74) is 6.71. The summed E-state index contributed by atoms with van der Waals surface area (Å²) >= 11 is 0. The molecule has 0 aliphatic carbocycles. The van der Waals surface area contributed by atoms with Crippen molar-refractivity contribution < 1.29 is 13.3 Å². The zero-order valence-corrected chi connectivity index (χ0v) is 47.3. The molecule has 0 aliphatic rings. The third-order valence-electron chi connectivity index (χ3n) is 17.7. The van der Waals surface area contributed by atoms with E-state index < -0.39 is 32.3 Å². The monoisotopic (exact) mass is 961 g/mol. The van der Waals surface area contributed by atoms with E-state index in [2.05, 4.69) is 204 Å². The zero-order valence-electron chi connectivity index (χ0n) is 43.3. The fraction of sp³-hybridized carbons (Fsp3) is 0.400. The zero-order chi connectivity index (χ0) is 48.0. The molecule has 0 radical (unpaired) electrons. The predicted molar refractivity (Wildman–Crippen MR) is 308 cm³/mol. The lowest BCUT2D eigenvalue weighted by molar-refractivity contribution is 0.670. The first-order valence-corrected chi connectivity index (χ1v) is 36.8. The molecule has 67 heavy (non-hydrogen) atoms. The number of hydrogen-bond donors (Lipinski definition) is 0. The van der Waals surface area contributed by atoms with Gasteiger partial charge in [0, 0.05) is 32.3 Å². The quantitative estimate of drug-likeness (QED) is 0.0906. The highest BCUT2D eigenvalue weighted by Crippen LogP contribution is 2.35. The van der Waals surface area contributed by atoms with Crippen LogP contribution in [-0.2, 0) is 0 Å². The Hall–Kier alpha value is -4.41. The lowest BCUT2D eigenvalue weighted by Gasteiger charge is -2.29. The Balaban J connectivity index is 0.000000152. The van der Waals surface area contributed by atoms with Crippen LogP contribution in [0, 0.1) is 0 Å². The molecular formula is C60H80O3Si4. The second-order valence-corrected chi connectivity index (χ2v) is 40.3. The van der Waals surface area contributed by atoms with Crippen LogP contribution in [0.25, 0.3) is 65.8 Å². The van der Waals surface area contributed by atoms with E-state index in [0.29, 0.717) is 0 Å². The van der Waals surface area contributed by atoms with Gasteiger partial charge in [-0.3, -0.25) is 0 Å².